The summed E-state index contributed by atoms with van der Waals surface area (Å²) in [5.41, 5.74) is 0.178. The number of nitrogens with zero attached hydrogens (tertiary/aromatic N) is 2. The van der Waals surface area contributed by atoms with Gasteiger partial charge in [0.2, 0.25) is 0 Å². The molecule has 1 aromatic rings. The summed E-state index contributed by atoms with van der Waals surface area (Å²) in [4.78, 5) is 7.95. The molecule has 1 aliphatic rings. The molecular formula is C11H17N3O2. The van der Waals surface area contributed by atoms with Gasteiger partial charge in [0.1, 0.15) is 11.9 Å². The van der Waals surface area contributed by atoms with Crippen LogP contribution < -0.4 is 5.32 Å². The van der Waals surface area contributed by atoms with Crippen molar-refractivity contribution in [1.29, 1.82) is 0 Å². The van der Waals surface area contributed by atoms with Crippen LogP contribution in [0, 0.1) is 0 Å². The summed E-state index contributed by atoms with van der Waals surface area (Å²) < 4.78 is 5.36. The van der Waals surface area contributed by atoms with Gasteiger partial charge in [0.05, 0.1) is 11.8 Å². The minimum atomic E-state index is -0.743. The number of ether oxygens (including phenoxy) is 1. The van der Waals surface area contributed by atoms with Crippen molar-refractivity contribution in [2.24, 2.45) is 0 Å². The van der Waals surface area contributed by atoms with Gasteiger partial charge in [-0.2, -0.15) is 0 Å². The van der Waals surface area contributed by atoms with Crippen molar-refractivity contribution in [2.75, 3.05) is 13.2 Å². The van der Waals surface area contributed by atoms with Gasteiger partial charge >= 0.3 is 0 Å². The lowest BCUT2D eigenvalue weighted by Gasteiger charge is -2.26. The average Bonchev–Trinajstić information content (AvgIpc) is 2.61. The van der Waals surface area contributed by atoms with Gasteiger partial charge in [-0.1, -0.05) is 0 Å². The van der Waals surface area contributed by atoms with Crippen LogP contribution in [-0.4, -0.2) is 39.9 Å². The molecular weight excluding hydrogens is 206 g/mol. The van der Waals surface area contributed by atoms with Crippen LogP contribution in [-0.2, 0) is 11.3 Å². The van der Waals surface area contributed by atoms with E-state index in [0.29, 0.717) is 26.1 Å². The normalized spacial score (nSPS) is 29.5. The SMILES string of the molecule is CC1OCCC1(O)CNCc1ccncn1. The zero-order chi connectivity index (χ0) is 11.4. The summed E-state index contributed by atoms with van der Waals surface area (Å²) in [5, 5.41) is 13.4. The molecule has 0 aromatic carbocycles. The van der Waals surface area contributed by atoms with Gasteiger partial charge in [0, 0.05) is 32.3 Å². The zero-order valence-corrected chi connectivity index (χ0v) is 9.39. The van der Waals surface area contributed by atoms with Crippen molar-refractivity contribution < 1.29 is 9.84 Å². The second-order valence-corrected chi connectivity index (χ2v) is 4.17. The van der Waals surface area contributed by atoms with E-state index in [0.717, 1.165) is 5.69 Å². The van der Waals surface area contributed by atoms with Crippen LogP contribution in [0.25, 0.3) is 0 Å². The van der Waals surface area contributed by atoms with Crippen LogP contribution in [0.5, 0.6) is 0 Å². The van der Waals surface area contributed by atoms with Gasteiger partial charge in [0.15, 0.2) is 0 Å². The lowest BCUT2D eigenvalue weighted by atomic mass is 9.97. The highest BCUT2D eigenvalue weighted by atomic mass is 16.5. The molecule has 2 heterocycles. The molecule has 2 N–H and O–H groups in total. The van der Waals surface area contributed by atoms with E-state index < -0.39 is 5.60 Å². The highest BCUT2D eigenvalue weighted by Gasteiger charge is 2.38. The van der Waals surface area contributed by atoms with E-state index in [-0.39, 0.29) is 6.10 Å². The molecule has 0 saturated carbocycles. The Morgan fingerprint density at radius 3 is 3.19 bits per heavy atom. The van der Waals surface area contributed by atoms with Crippen LogP contribution in [0.15, 0.2) is 18.6 Å². The molecule has 2 atom stereocenters. The average molecular weight is 223 g/mol. The Labute approximate surface area is 94.9 Å². The maximum atomic E-state index is 10.2. The van der Waals surface area contributed by atoms with E-state index in [4.69, 9.17) is 4.74 Å². The second kappa shape index (κ2) is 4.86. The third kappa shape index (κ3) is 2.55. The van der Waals surface area contributed by atoms with Crippen LogP contribution in [0.3, 0.4) is 0 Å². The van der Waals surface area contributed by atoms with Crippen LogP contribution in [0.4, 0.5) is 0 Å². The topological polar surface area (TPSA) is 67.3 Å². The molecule has 5 nitrogen and oxygen atoms in total. The molecule has 0 spiro atoms. The molecule has 2 unspecified atom stereocenters. The van der Waals surface area contributed by atoms with Gasteiger partial charge in [-0.25, -0.2) is 9.97 Å². The molecule has 1 aliphatic heterocycles. The minimum absolute atomic E-state index is 0.106. The second-order valence-electron chi connectivity index (χ2n) is 4.17. The van der Waals surface area contributed by atoms with Crippen molar-refractivity contribution in [1.82, 2.24) is 15.3 Å². The summed E-state index contributed by atoms with van der Waals surface area (Å²) in [6, 6.07) is 1.85. The highest BCUT2D eigenvalue weighted by molar-refractivity contribution is 4.98. The minimum Gasteiger partial charge on any atom is -0.386 e. The predicted octanol–water partition coefficient (Wildman–Crippen LogP) is 0.106. The van der Waals surface area contributed by atoms with Gasteiger partial charge in [-0.3, -0.25) is 0 Å². The third-order valence-electron chi connectivity index (χ3n) is 3.04. The molecule has 1 fully saturated rings. The quantitative estimate of drug-likeness (QED) is 0.758. The van der Waals surface area contributed by atoms with Crippen molar-refractivity contribution in [2.45, 2.75) is 31.6 Å². The lowest BCUT2D eigenvalue weighted by molar-refractivity contribution is -0.0263. The first-order chi connectivity index (χ1) is 7.71. The molecule has 0 radical (unpaired) electrons. The fourth-order valence-electron chi connectivity index (χ4n) is 1.83. The smallest absolute Gasteiger partial charge is 0.115 e. The van der Waals surface area contributed by atoms with E-state index in [1.54, 1.807) is 6.20 Å². The monoisotopic (exact) mass is 223 g/mol. The fourth-order valence-corrected chi connectivity index (χ4v) is 1.83. The van der Waals surface area contributed by atoms with Gasteiger partial charge in [-0.05, 0) is 13.0 Å². The number of nitrogens with one attached hydrogen (secondary N) is 1. The number of hydrogen-bond donors (Lipinski definition) is 2. The first kappa shape index (κ1) is 11.4. The Balaban J connectivity index is 1.80. The van der Waals surface area contributed by atoms with Crippen molar-refractivity contribution in [3.63, 3.8) is 0 Å². The Morgan fingerprint density at radius 2 is 2.56 bits per heavy atom. The standard InChI is InChI=1S/C11H17N3O2/c1-9-11(15,3-5-16-9)7-13-6-10-2-4-12-8-14-10/h2,4,8-9,13,15H,3,5-7H2,1H3. The first-order valence-electron chi connectivity index (χ1n) is 5.50. The van der Waals surface area contributed by atoms with E-state index in [2.05, 4.69) is 15.3 Å². The Bertz CT molecular complexity index is 333. The Hall–Kier alpha value is -1.04. The van der Waals surface area contributed by atoms with Crippen LogP contribution >= 0.6 is 0 Å². The van der Waals surface area contributed by atoms with Gasteiger partial charge in [0.25, 0.3) is 0 Å². The first-order valence-corrected chi connectivity index (χ1v) is 5.50. The van der Waals surface area contributed by atoms with E-state index in [1.165, 1.54) is 6.33 Å². The molecule has 1 saturated heterocycles. The van der Waals surface area contributed by atoms with Crippen LogP contribution in [0.2, 0.25) is 0 Å². The molecule has 16 heavy (non-hydrogen) atoms. The molecule has 0 bridgehead atoms. The summed E-state index contributed by atoms with van der Waals surface area (Å²) in [6.07, 6.45) is 3.81. The van der Waals surface area contributed by atoms with Gasteiger partial charge < -0.3 is 15.2 Å². The largest absolute Gasteiger partial charge is 0.386 e. The summed E-state index contributed by atoms with van der Waals surface area (Å²) in [6.45, 7) is 3.70. The fraction of sp³-hybridized carbons (Fsp3) is 0.636. The Kier molecular flexibility index (Phi) is 3.48. The van der Waals surface area contributed by atoms with E-state index >= 15 is 0 Å². The Morgan fingerprint density at radius 1 is 1.69 bits per heavy atom. The number of aromatic nitrogens is 2. The van der Waals surface area contributed by atoms with Gasteiger partial charge in [-0.15, -0.1) is 0 Å². The number of hydrogen-bond acceptors (Lipinski definition) is 5. The van der Waals surface area contributed by atoms with Crippen LogP contribution in [0.1, 0.15) is 19.0 Å². The molecule has 0 aliphatic carbocycles. The molecule has 1 aromatic heterocycles. The number of aliphatic hydroxyl groups is 1. The molecule has 5 heteroatoms. The maximum absolute atomic E-state index is 10.2. The maximum Gasteiger partial charge on any atom is 0.115 e. The molecule has 0 amide bonds. The summed E-state index contributed by atoms with van der Waals surface area (Å²) >= 11 is 0. The van der Waals surface area contributed by atoms with E-state index in [1.807, 2.05) is 13.0 Å². The lowest BCUT2D eigenvalue weighted by Crippen LogP contribution is -2.45. The number of rotatable bonds is 4. The summed E-state index contributed by atoms with van der Waals surface area (Å²) in [7, 11) is 0. The van der Waals surface area contributed by atoms with Crippen molar-refractivity contribution in [3.05, 3.63) is 24.3 Å². The third-order valence-corrected chi connectivity index (χ3v) is 3.04. The predicted molar refractivity (Wildman–Crippen MR) is 58.7 cm³/mol. The highest BCUT2D eigenvalue weighted by Crippen LogP contribution is 2.24. The van der Waals surface area contributed by atoms with Crippen molar-refractivity contribution in [3.8, 4) is 0 Å². The van der Waals surface area contributed by atoms with E-state index in [9.17, 15) is 5.11 Å². The summed E-state index contributed by atoms with van der Waals surface area (Å²) in [5.74, 6) is 0. The molecule has 88 valence electrons. The zero-order valence-electron chi connectivity index (χ0n) is 9.39. The molecule has 2 rings (SSSR count). The van der Waals surface area contributed by atoms with Crippen molar-refractivity contribution >= 4 is 0 Å².